The van der Waals surface area contributed by atoms with Gasteiger partial charge in [-0.05, 0) is 37.5 Å². The van der Waals surface area contributed by atoms with Crippen LogP contribution in [0.4, 0.5) is 0 Å². The number of rotatable bonds is 6. The summed E-state index contributed by atoms with van der Waals surface area (Å²) in [5.74, 6) is 0.113. The fourth-order valence-electron chi connectivity index (χ4n) is 2.44. The maximum Gasteiger partial charge on any atom is 0.242 e. The van der Waals surface area contributed by atoms with Gasteiger partial charge < -0.3 is 14.8 Å². The standard InChI is InChI=1S/C16H22N4O/c1-3-19(2)15(21)11-20-10-12(9-18-13-6-7-13)14-5-4-8-17-16(14)20/h4-5,8,10,13,18H,3,6-7,9,11H2,1-2H3. The molecule has 1 N–H and O–H groups in total. The summed E-state index contributed by atoms with van der Waals surface area (Å²) in [6.45, 7) is 3.90. The summed E-state index contributed by atoms with van der Waals surface area (Å²) in [6, 6.07) is 4.71. The van der Waals surface area contributed by atoms with Crippen LogP contribution in [-0.2, 0) is 17.9 Å². The Labute approximate surface area is 125 Å². The summed E-state index contributed by atoms with van der Waals surface area (Å²) in [5, 5.41) is 4.67. The third-order valence-corrected chi connectivity index (χ3v) is 4.08. The molecule has 0 aliphatic heterocycles. The molecular formula is C16H22N4O. The summed E-state index contributed by atoms with van der Waals surface area (Å²) in [5.41, 5.74) is 2.11. The highest BCUT2D eigenvalue weighted by Gasteiger charge is 2.21. The number of nitrogens with zero attached hydrogens (tertiary/aromatic N) is 3. The van der Waals surface area contributed by atoms with E-state index in [0.29, 0.717) is 12.6 Å². The Morgan fingerprint density at radius 1 is 1.52 bits per heavy atom. The molecule has 5 nitrogen and oxygen atoms in total. The van der Waals surface area contributed by atoms with Gasteiger partial charge in [0.1, 0.15) is 12.2 Å². The highest BCUT2D eigenvalue weighted by Crippen LogP contribution is 2.23. The Morgan fingerprint density at radius 3 is 3.05 bits per heavy atom. The predicted octanol–water partition coefficient (Wildman–Crippen LogP) is 1.77. The monoisotopic (exact) mass is 286 g/mol. The third-order valence-electron chi connectivity index (χ3n) is 4.08. The Hall–Kier alpha value is -1.88. The van der Waals surface area contributed by atoms with Gasteiger partial charge in [0.15, 0.2) is 0 Å². The van der Waals surface area contributed by atoms with Gasteiger partial charge in [0, 0.05) is 44.0 Å². The van der Waals surface area contributed by atoms with E-state index in [1.54, 1.807) is 11.1 Å². The van der Waals surface area contributed by atoms with Crippen LogP contribution in [0.3, 0.4) is 0 Å². The topological polar surface area (TPSA) is 50.2 Å². The van der Waals surface area contributed by atoms with Gasteiger partial charge in [-0.1, -0.05) is 0 Å². The Balaban J connectivity index is 1.85. The maximum atomic E-state index is 12.1. The zero-order chi connectivity index (χ0) is 14.8. The van der Waals surface area contributed by atoms with Crippen molar-refractivity contribution in [1.82, 2.24) is 19.8 Å². The SMILES string of the molecule is CCN(C)C(=O)Cn1cc(CNC2CC2)c2cccnc21. The average Bonchev–Trinajstić information content (AvgIpc) is 3.28. The molecule has 112 valence electrons. The number of likely N-dealkylation sites (N-methyl/N-ethyl adjacent to an activating group) is 1. The van der Waals surface area contributed by atoms with Crippen molar-refractivity contribution in [2.45, 2.75) is 38.9 Å². The van der Waals surface area contributed by atoms with Crippen LogP contribution in [0, 0.1) is 0 Å². The van der Waals surface area contributed by atoms with E-state index in [-0.39, 0.29) is 5.91 Å². The molecule has 3 rings (SSSR count). The first-order chi connectivity index (χ1) is 10.2. The molecule has 1 aliphatic carbocycles. The van der Waals surface area contributed by atoms with Gasteiger partial charge in [-0.25, -0.2) is 4.98 Å². The first-order valence-corrected chi connectivity index (χ1v) is 7.59. The van der Waals surface area contributed by atoms with E-state index in [0.717, 1.165) is 24.1 Å². The Morgan fingerprint density at radius 2 is 2.33 bits per heavy atom. The molecular weight excluding hydrogens is 264 g/mol. The van der Waals surface area contributed by atoms with Gasteiger partial charge in [-0.3, -0.25) is 4.79 Å². The fraction of sp³-hybridized carbons (Fsp3) is 0.500. The van der Waals surface area contributed by atoms with Crippen LogP contribution in [0.1, 0.15) is 25.3 Å². The van der Waals surface area contributed by atoms with E-state index < -0.39 is 0 Å². The molecule has 0 atom stereocenters. The number of fused-ring (bicyclic) bond motifs is 1. The molecule has 0 aromatic carbocycles. The molecule has 21 heavy (non-hydrogen) atoms. The van der Waals surface area contributed by atoms with Crippen molar-refractivity contribution in [3.63, 3.8) is 0 Å². The Bertz CT molecular complexity index is 645. The number of hydrogen-bond acceptors (Lipinski definition) is 3. The van der Waals surface area contributed by atoms with E-state index >= 15 is 0 Å². The summed E-state index contributed by atoms with van der Waals surface area (Å²) in [7, 11) is 1.83. The lowest BCUT2D eigenvalue weighted by molar-refractivity contribution is -0.130. The molecule has 0 radical (unpaired) electrons. The smallest absolute Gasteiger partial charge is 0.242 e. The summed E-state index contributed by atoms with van der Waals surface area (Å²) in [4.78, 5) is 18.3. The van der Waals surface area contributed by atoms with Gasteiger partial charge >= 0.3 is 0 Å². The van der Waals surface area contributed by atoms with Crippen LogP contribution in [0.15, 0.2) is 24.5 Å². The quantitative estimate of drug-likeness (QED) is 0.880. The van der Waals surface area contributed by atoms with Gasteiger partial charge in [0.05, 0.1) is 0 Å². The van der Waals surface area contributed by atoms with Crippen molar-refractivity contribution < 1.29 is 4.79 Å². The largest absolute Gasteiger partial charge is 0.344 e. The van der Waals surface area contributed by atoms with Crippen LogP contribution >= 0.6 is 0 Å². The second kappa shape index (κ2) is 5.85. The van der Waals surface area contributed by atoms with E-state index in [2.05, 4.69) is 22.6 Å². The van der Waals surface area contributed by atoms with Crippen molar-refractivity contribution in [2.75, 3.05) is 13.6 Å². The van der Waals surface area contributed by atoms with Crippen LogP contribution in [0.2, 0.25) is 0 Å². The van der Waals surface area contributed by atoms with E-state index in [9.17, 15) is 4.79 Å². The lowest BCUT2D eigenvalue weighted by Crippen LogP contribution is -2.29. The first kappa shape index (κ1) is 14.1. The van der Waals surface area contributed by atoms with Gasteiger partial charge in [-0.2, -0.15) is 0 Å². The normalized spacial score (nSPS) is 14.6. The molecule has 0 bridgehead atoms. The van der Waals surface area contributed by atoms with Crippen LogP contribution in [0.25, 0.3) is 11.0 Å². The Kier molecular flexibility index (Phi) is 3.92. The van der Waals surface area contributed by atoms with Crippen molar-refractivity contribution in [1.29, 1.82) is 0 Å². The van der Waals surface area contributed by atoms with E-state index in [4.69, 9.17) is 0 Å². The molecule has 1 fully saturated rings. The maximum absolute atomic E-state index is 12.1. The van der Waals surface area contributed by atoms with Gasteiger partial charge in [0.25, 0.3) is 0 Å². The number of pyridine rings is 1. The third kappa shape index (κ3) is 3.08. The molecule has 1 saturated carbocycles. The van der Waals surface area contributed by atoms with Gasteiger partial charge in [-0.15, -0.1) is 0 Å². The lowest BCUT2D eigenvalue weighted by Gasteiger charge is -2.14. The van der Waals surface area contributed by atoms with Crippen LogP contribution in [-0.4, -0.2) is 40.0 Å². The zero-order valence-corrected chi connectivity index (χ0v) is 12.7. The average molecular weight is 286 g/mol. The molecule has 0 spiro atoms. The number of nitrogens with one attached hydrogen (secondary N) is 1. The summed E-state index contributed by atoms with van der Waals surface area (Å²) in [6.07, 6.45) is 6.40. The van der Waals surface area contributed by atoms with Crippen molar-refractivity contribution >= 4 is 16.9 Å². The summed E-state index contributed by atoms with van der Waals surface area (Å²) < 4.78 is 1.97. The number of aromatic nitrogens is 2. The molecule has 2 heterocycles. The van der Waals surface area contributed by atoms with Crippen LogP contribution < -0.4 is 5.32 Å². The number of carbonyl (C=O) groups is 1. The van der Waals surface area contributed by atoms with Crippen molar-refractivity contribution in [3.05, 3.63) is 30.1 Å². The molecule has 2 aromatic rings. The van der Waals surface area contributed by atoms with E-state index in [1.807, 2.05) is 24.6 Å². The van der Waals surface area contributed by atoms with Gasteiger partial charge in [0.2, 0.25) is 5.91 Å². The second-order valence-corrected chi connectivity index (χ2v) is 5.72. The van der Waals surface area contributed by atoms with E-state index in [1.165, 1.54) is 18.4 Å². The predicted molar refractivity (Wildman–Crippen MR) is 82.9 cm³/mol. The lowest BCUT2D eigenvalue weighted by atomic mass is 10.2. The molecule has 1 amide bonds. The van der Waals surface area contributed by atoms with Crippen molar-refractivity contribution in [3.8, 4) is 0 Å². The zero-order valence-electron chi connectivity index (χ0n) is 12.7. The molecule has 1 aliphatic rings. The molecule has 0 unspecified atom stereocenters. The highest BCUT2D eigenvalue weighted by atomic mass is 16.2. The second-order valence-electron chi connectivity index (χ2n) is 5.72. The summed E-state index contributed by atoms with van der Waals surface area (Å²) >= 11 is 0. The first-order valence-electron chi connectivity index (χ1n) is 7.59. The number of amides is 1. The fourth-order valence-corrected chi connectivity index (χ4v) is 2.44. The highest BCUT2D eigenvalue weighted by molar-refractivity contribution is 5.83. The molecule has 0 saturated heterocycles. The minimum absolute atomic E-state index is 0.113. The molecule has 2 aromatic heterocycles. The minimum atomic E-state index is 0.113. The van der Waals surface area contributed by atoms with Crippen molar-refractivity contribution in [2.24, 2.45) is 0 Å². The minimum Gasteiger partial charge on any atom is -0.344 e. The molecule has 5 heteroatoms. The van der Waals surface area contributed by atoms with Crippen LogP contribution in [0.5, 0.6) is 0 Å². The number of hydrogen-bond donors (Lipinski definition) is 1. The number of carbonyl (C=O) groups excluding carboxylic acids is 1.